The SMILES string of the molecule is CCCCN(C)C(=O)c1sc2nc(C)cc(C)c2c1N. The number of amides is 1. The van der Waals surface area contributed by atoms with E-state index < -0.39 is 0 Å². The van der Waals surface area contributed by atoms with Gasteiger partial charge in [-0.3, -0.25) is 4.79 Å². The van der Waals surface area contributed by atoms with Crippen molar-refractivity contribution in [1.29, 1.82) is 0 Å². The normalized spacial score (nSPS) is 11.0. The van der Waals surface area contributed by atoms with Gasteiger partial charge in [0.05, 0.1) is 5.69 Å². The largest absolute Gasteiger partial charge is 0.397 e. The summed E-state index contributed by atoms with van der Waals surface area (Å²) in [7, 11) is 1.83. The van der Waals surface area contributed by atoms with E-state index in [0.29, 0.717) is 10.6 Å². The number of unbranched alkanes of at least 4 members (excludes halogenated alkanes) is 1. The van der Waals surface area contributed by atoms with Gasteiger partial charge in [0.25, 0.3) is 5.91 Å². The highest BCUT2D eigenvalue weighted by Crippen LogP contribution is 2.35. The Bertz CT molecular complexity index is 648. The molecule has 2 aromatic heterocycles. The second-order valence-electron chi connectivity index (χ2n) is 5.19. The summed E-state index contributed by atoms with van der Waals surface area (Å²) >= 11 is 1.39. The lowest BCUT2D eigenvalue weighted by atomic mass is 10.1. The van der Waals surface area contributed by atoms with E-state index in [0.717, 1.165) is 40.9 Å². The summed E-state index contributed by atoms with van der Waals surface area (Å²) in [5.41, 5.74) is 8.79. The van der Waals surface area contributed by atoms with Crippen molar-refractivity contribution in [1.82, 2.24) is 9.88 Å². The molecule has 2 N–H and O–H groups in total. The zero-order chi connectivity index (χ0) is 14.9. The number of nitrogens with two attached hydrogens (primary N) is 1. The van der Waals surface area contributed by atoms with Gasteiger partial charge in [-0.05, 0) is 31.9 Å². The molecule has 0 saturated carbocycles. The first-order valence-corrected chi connectivity index (χ1v) is 7.69. The Morgan fingerprint density at radius 2 is 2.15 bits per heavy atom. The molecule has 0 aromatic carbocycles. The Hall–Kier alpha value is -1.62. The third-order valence-corrected chi connectivity index (χ3v) is 4.50. The van der Waals surface area contributed by atoms with Crippen molar-refractivity contribution in [3.05, 3.63) is 22.2 Å². The first kappa shape index (κ1) is 14.8. The van der Waals surface area contributed by atoms with Crippen LogP contribution in [0, 0.1) is 13.8 Å². The van der Waals surface area contributed by atoms with E-state index in [1.807, 2.05) is 27.0 Å². The molecule has 20 heavy (non-hydrogen) atoms. The van der Waals surface area contributed by atoms with Crippen LogP contribution in [0.25, 0.3) is 10.2 Å². The molecule has 1 amide bonds. The Morgan fingerprint density at radius 3 is 2.80 bits per heavy atom. The molecular formula is C15H21N3OS. The highest BCUT2D eigenvalue weighted by molar-refractivity contribution is 7.21. The average Bonchev–Trinajstić information content (AvgIpc) is 2.72. The number of thiophene rings is 1. The number of pyridine rings is 1. The monoisotopic (exact) mass is 291 g/mol. The fraction of sp³-hybridized carbons (Fsp3) is 0.467. The second-order valence-corrected chi connectivity index (χ2v) is 6.18. The first-order valence-electron chi connectivity index (χ1n) is 6.87. The van der Waals surface area contributed by atoms with Gasteiger partial charge >= 0.3 is 0 Å². The lowest BCUT2D eigenvalue weighted by molar-refractivity contribution is 0.0799. The minimum atomic E-state index is -0.00370. The number of aryl methyl sites for hydroxylation is 2. The average molecular weight is 291 g/mol. The number of nitrogen functional groups attached to an aromatic ring is 1. The van der Waals surface area contributed by atoms with Crippen molar-refractivity contribution < 1.29 is 4.79 Å². The molecule has 0 saturated heterocycles. The van der Waals surface area contributed by atoms with Crippen LogP contribution in [0.15, 0.2) is 6.07 Å². The van der Waals surface area contributed by atoms with E-state index in [9.17, 15) is 4.79 Å². The Morgan fingerprint density at radius 1 is 1.45 bits per heavy atom. The molecule has 0 aliphatic rings. The summed E-state index contributed by atoms with van der Waals surface area (Å²) in [5, 5.41) is 0.924. The van der Waals surface area contributed by atoms with Crippen molar-refractivity contribution in [3.63, 3.8) is 0 Å². The summed E-state index contributed by atoms with van der Waals surface area (Å²) in [5.74, 6) is -0.00370. The number of nitrogens with zero attached hydrogens (tertiary/aromatic N) is 2. The Labute approximate surface area is 123 Å². The maximum atomic E-state index is 12.5. The number of carbonyl (C=O) groups excluding carboxylic acids is 1. The van der Waals surface area contributed by atoms with E-state index >= 15 is 0 Å². The number of fused-ring (bicyclic) bond motifs is 1. The molecule has 2 aromatic rings. The molecule has 0 aliphatic heterocycles. The lowest BCUT2D eigenvalue weighted by Gasteiger charge is -2.15. The molecule has 0 spiro atoms. The van der Waals surface area contributed by atoms with Crippen LogP contribution in [0.5, 0.6) is 0 Å². The third kappa shape index (κ3) is 2.63. The zero-order valence-electron chi connectivity index (χ0n) is 12.5. The van der Waals surface area contributed by atoms with Crippen molar-refractivity contribution >= 4 is 33.1 Å². The van der Waals surface area contributed by atoms with Gasteiger partial charge in [-0.15, -0.1) is 11.3 Å². The van der Waals surface area contributed by atoms with Crippen LogP contribution in [0.3, 0.4) is 0 Å². The quantitative estimate of drug-likeness (QED) is 0.939. The number of hydrogen-bond acceptors (Lipinski definition) is 4. The van der Waals surface area contributed by atoms with Gasteiger partial charge in [0.2, 0.25) is 0 Å². The van der Waals surface area contributed by atoms with E-state index in [1.165, 1.54) is 11.3 Å². The maximum absolute atomic E-state index is 12.5. The van der Waals surface area contributed by atoms with Gasteiger partial charge in [0, 0.05) is 24.7 Å². The minimum Gasteiger partial charge on any atom is -0.397 e. The van der Waals surface area contributed by atoms with Crippen LogP contribution < -0.4 is 5.73 Å². The first-order chi connectivity index (χ1) is 9.45. The van der Waals surface area contributed by atoms with Gasteiger partial charge < -0.3 is 10.6 Å². The molecule has 0 aliphatic carbocycles. The zero-order valence-corrected chi connectivity index (χ0v) is 13.3. The molecule has 5 heteroatoms. The van der Waals surface area contributed by atoms with Gasteiger partial charge in [-0.1, -0.05) is 13.3 Å². The Balaban J connectivity index is 2.43. The van der Waals surface area contributed by atoms with E-state index in [2.05, 4.69) is 11.9 Å². The minimum absolute atomic E-state index is 0.00370. The summed E-state index contributed by atoms with van der Waals surface area (Å²) in [4.78, 5) is 20.2. The molecule has 0 radical (unpaired) electrons. The van der Waals surface area contributed by atoms with Crippen LogP contribution in [-0.2, 0) is 0 Å². The van der Waals surface area contributed by atoms with Gasteiger partial charge in [0.1, 0.15) is 9.71 Å². The maximum Gasteiger partial charge on any atom is 0.265 e. The molecule has 2 rings (SSSR count). The van der Waals surface area contributed by atoms with Gasteiger partial charge in [-0.2, -0.15) is 0 Å². The number of aromatic nitrogens is 1. The Kier molecular flexibility index (Phi) is 4.28. The van der Waals surface area contributed by atoms with Crippen molar-refractivity contribution in [2.75, 3.05) is 19.3 Å². The van der Waals surface area contributed by atoms with Crippen LogP contribution >= 0.6 is 11.3 Å². The van der Waals surface area contributed by atoms with Crippen LogP contribution in [0.4, 0.5) is 5.69 Å². The molecule has 0 atom stereocenters. The van der Waals surface area contributed by atoms with E-state index in [4.69, 9.17) is 5.73 Å². The molecule has 0 bridgehead atoms. The van der Waals surface area contributed by atoms with Crippen LogP contribution in [0.1, 0.15) is 40.7 Å². The third-order valence-electron chi connectivity index (χ3n) is 3.41. The number of carbonyl (C=O) groups is 1. The molecule has 2 heterocycles. The van der Waals surface area contributed by atoms with E-state index in [-0.39, 0.29) is 5.91 Å². The van der Waals surface area contributed by atoms with Crippen molar-refractivity contribution in [3.8, 4) is 0 Å². The second kappa shape index (κ2) is 5.79. The predicted octanol–water partition coefficient (Wildman–Crippen LogP) is 3.37. The summed E-state index contributed by atoms with van der Waals surface area (Å²) in [6, 6.07) is 2.00. The summed E-state index contributed by atoms with van der Waals surface area (Å²) < 4.78 is 0. The van der Waals surface area contributed by atoms with Crippen molar-refractivity contribution in [2.24, 2.45) is 0 Å². The smallest absolute Gasteiger partial charge is 0.265 e. The summed E-state index contributed by atoms with van der Waals surface area (Å²) in [6.45, 7) is 6.84. The number of anilines is 1. The fourth-order valence-corrected chi connectivity index (χ4v) is 3.51. The molecule has 108 valence electrons. The van der Waals surface area contributed by atoms with Crippen molar-refractivity contribution in [2.45, 2.75) is 33.6 Å². The molecule has 0 unspecified atom stereocenters. The lowest BCUT2D eigenvalue weighted by Crippen LogP contribution is -2.27. The van der Waals surface area contributed by atoms with Gasteiger partial charge in [-0.25, -0.2) is 4.98 Å². The topological polar surface area (TPSA) is 59.2 Å². The molecule has 0 fully saturated rings. The number of hydrogen-bond donors (Lipinski definition) is 1. The molecular weight excluding hydrogens is 270 g/mol. The van der Waals surface area contributed by atoms with Gasteiger partial charge in [0.15, 0.2) is 0 Å². The molecule has 4 nitrogen and oxygen atoms in total. The fourth-order valence-electron chi connectivity index (χ4n) is 2.30. The van der Waals surface area contributed by atoms with Crippen LogP contribution in [-0.4, -0.2) is 29.4 Å². The summed E-state index contributed by atoms with van der Waals surface area (Å²) in [6.07, 6.45) is 2.07. The highest BCUT2D eigenvalue weighted by atomic mass is 32.1. The number of rotatable bonds is 4. The van der Waals surface area contributed by atoms with E-state index in [1.54, 1.807) is 4.90 Å². The van der Waals surface area contributed by atoms with Crippen LogP contribution in [0.2, 0.25) is 0 Å². The predicted molar refractivity (Wildman–Crippen MR) is 85.4 cm³/mol. The standard InChI is InChI=1S/C15H21N3OS/c1-5-6-7-18(4)15(19)13-12(16)11-9(2)8-10(3)17-14(11)20-13/h8H,5-7,16H2,1-4H3. The highest BCUT2D eigenvalue weighted by Gasteiger charge is 2.21.